The van der Waals surface area contributed by atoms with Crippen molar-refractivity contribution in [1.82, 2.24) is 0 Å². The van der Waals surface area contributed by atoms with Gasteiger partial charge in [-0.3, -0.25) is 4.89 Å². The lowest BCUT2D eigenvalue weighted by molar-refractivity contribution is -0.182. The SMILES string of the molecule is O=C(OO)c1cc(F)ccc1Cl. The van der Waals surface area contributed by atoms with Crippen molar-refractivity contribution in [3.63, 3.8) is 0 Å². The Morgan fingerprint density at radius 2 is 2.25 bits per heavy atom. The number of hydrogen-bond donors (Lipinski definition) is 1. The molecule has 0 atom stereocenters. The van der Waals surface area contributed by atoms with Gasteiger partial charge in [-0.1, -0.05) is 11.6 Å². The van der Waals surface area contributed by atoms with Gasteiger partial charge in [0, 0.05) is 0 Å². The lowest BCUT2D eigenvalue weighted by Gasteiger charge is -1.98. The van der Waals surface area contributed by atoms with Gasteiger partial charge < -0.3 is 0 Å². The maximum atomic E-state index is 12.5. The minimum absolute atomic E-state index is 0.0236. The molecule has 0 radical (unpaired) electrons. The fraction of sp³-hybridized carbons (Fsp3) is 0. The molecule has 0 fully saturated rings. The molecule has 0 bridgehead atoms. The van der Waals surface area contributed by atoms with Gasteiger partial charge in [-0.2, -0.15) is 5.26 Å². The van der Waals surface area contributed by atoms with Crippen LogP contribution in [0.2, 0.25) is 5.02 Å². The molecule has 0 heterocycles. The Kier molecular flexibility index (Phi) is 2.62. The molecule has 1 rings (SSSR count). The van der Waals surface area contributed by atoms with Crippen LogP contribution in [0.4, 0.5) is 4.39 Å². The first-order chi connectivity index (χ1) is 5.65. The van der Waals surface area contributed by atoms with Crippen molar-refractivity contribution in [2.24, 2.45) is 0 Å². The van der Waals surface area contributed by atoms with Crippen LogP contribution in [0.15, 0.2) is 18.2 Å². The van der Waals surface area contributed by atoms with E-state index in [4.69, 9.17) is 16.9 Å². The van der Waals surface area contributed by atoms with E-state index in [9.17, 15) is 9.18 Å². The molecule has 5 heteroatoms. The number of benzene rings is 1. The third-order valence-corrected chi connectivity index (χ3v) is 1.56. The van der Waals surface area contributed by atoms with Crippen LogP contribution in [-0.4, -0.2) is 11.2 Å². The van der Waals surface area contributed by atoms with Crippen LogP contribution < -0.4 is 0 Å². The second-order valence-corrected chi connectivity index (χ2v) is 2.41. The summed E-state index contributed by atoms with van der Waals surface area (Å²) >= 11 is 5.49. The minimum Gasteiger partial charge on any atom is -0.295 e. The summed E-state index contributed by atoms with van der Waals surface area (Å²) in [5.41, 5.74) is -0.209. The molecule has 64 valence electrons. The van der Waals surface area contributed by atoms with Crippen molar-refractivity contribution in [3.8, 4) is 0 Å². The number of rotatable bonds is 1. The number of hydrogen-bond acceptors (Lipinski definition) is 3. The largest absolute Gasteiger partial charge is 0.374 e. The Morgan fingerprint density at radius 1 is 1.58 bits per heavy atom. The summed E-state index contributed by atoms with van der Waals surface area (Å²) in [5, 5.41) is 8.00. The molecule has 0 saturated carbocycles. The van der Waals surface area contributed by atoms with Crippen LogP contribution in [0, 0.1) is 5.82 Å². The zero-order valence-electron chi connectivity index (χ0n) is 5.75. The summed E-state index contributed by atoms with van der Waals surface area (Å²) in [6, 6.07) is 3.17. The van der Waals surface area contributed by atoms with Gasteiger partial charge in [-0.15, -0.1) is 0 Å². The highest BCUT2D eigenvalue weighted by Crippen LogP contribution is 2.17. The van der Waals surface area contributed by atoms with E-state index < -0.39 is 11.8 Å². The summed E-state index contributed by atoms with van der Waals surface area (Å²) in [6.07, 6.45) is 0. The molecule has 0 saturated heterocycles. The van der Waals surface area contributed by atoms with Crippen LogP contribution in [0.5, 0.6) is 0 Å². The Balaban J connectivity index is 3.13. The van der Waals surface area contributed by atoms with E-state index in [1.807, 2.05) is 0 Å². The van der Waals surface area contributed by atoms with Gasteiger partial charge in [0.15, 0.2) is 0 Å². The molecule has 0 amide bonds. The monoisotopic (exact) mass is 190 g/mol. The third-order valence-electron chi connectivity index (χ3n) is 1.23. The van der Waals surface area contributed by atoms with Gasteiger partial charge in [0.05, 0.1) is 10.6 Å². The third kappa shape index (κ3) is 1.72. The van der Waals surface area contributed by atoms with E-state index in [0.717, 1.165) is 12.1 Å². The Morgan fingerprint density at radius 3 is 2.83 bits per heavy atom. The summed E-state index contributed by atoms with van der Waals surface area (Å²) in [6.45, 7) is 0. The standard InChI is InChI=1S/C7H4ClFO3/c8-6-2-1-4(9)3-5(6)7(10)12-11/h1-3,11H. The van der Waals surface area contributed by atoms with Gasteiger partial charge in [0.1, 0.15) is 5.82 Å². The first kappa shape index (κ1) is 8.96. The molecule has 0 aliphatic carbocycles. The van der Waals surface area contributed by atoms with Gasteiger partial charge in [-0.25, -0.2) is 9.18 Å². The van der Waals surface area contributed by atoms with E-state index in [-0.39, 0.29) is 10.6 Å². The summed E-state index contributed by atoms with van der Waals surface area (Å²) in [7, 11) is 0. The van der Waals surface area contributed by atoms with Gasteiger partial charge in [0.2, 0.25) is 0 Å². The lowest BCUT2D eigenvalue weighted by Crippen LogP contribution is -2.02. The first-order valence-corrected chi connectivity index (χ1v) is 3.33. The van der Waals surface area contributed by atoms with E-state index in [0.29, 0.717) is 0 Å². The first-order valence-electron chi connectivity index (χ1n) is 2.96. The van der Waals surface area contributed by atoms with Crippen molar-refractivity contribution in [3.05, 3.63) is 34.6 Å². The highest BCUT2D eigenvalue weighted by atomic mass is 35.5. The predicted molar refractivity (Wildman–Crippen MR) is 39.5 cm³/mol. The van der Waals surface area contributed by atoms with Crippen molar-refractivity contribution in [1.29, 1.82) is 0 Å². The molecule has 0 unspecified atom stereocenters. The molecule has 12 heavy (non-hydrogen) atoms. The van der Waals surface area contributed by atoms with Gasteiger partial charge in [-0.05, 0) is 18.2 Å². The maximum absolute atomic E-state index is 12.5. The number of carbonyl (C=O) groups is 1. The van der Waals surface area contributed by atoms with Crippen LogP contribution in [0.25, 0.3) is 0 Å². The lowest BCUT2D eigenvalue weighted by atomic mass is 10.2. The molecular weight excluding hydrogens is 187 g/mol. The second kappa shape index (κ2) is 3.51. The molecular formula is C7H4ClFO3. The molecule has 3 nitrogen and oxygen atoms in total. The van der Waals surface area contributed by atoms with Crippen LogP contribution in [0.3, 0.4) is 0 Å². The molecule has 0 aromatic heterocycles. The zero-order chi connectivity index (χ0) is 9.14. The van der Waals surface area contributed by atoms with E-state index >= 15 is 0 Å². The van der Waals surface area contributed by atoms with E-state index in [1.165, 1.54) is 6.07 Å². The van der Waals surface area contributed by atoms with Crippen molar-refractivity contribution in [2.45, 2.75) is 0 Å². The second-order valence-electron chi connectivity index (χ2n) is 2.00. The van der Waals surface area contributed by atoms with E-state index in [1.54, 1.807) is 0 Å². The van der Waals surface area contributed by atoms with Gasteiger partial charge >= 0.3 is 5.97 Å². The highest BCUT2D eigenvalue weighted by molar-refractivity contribution is 6.33. The summed E-state index contributed by atoms with van der Waals surface area (Å²) in [5.74, 6) is -1.71. The Bertz CT molecular complexity index is 314. The topological polar surface area (TPSA) is 46.5 Å². The van der Waals surface area contributed by atoms with Crippen molar-refractivity contribution >= 4 is 17.6 Å². The number of halogens is 2. The quantitative estimate of drug-likeness (QED) is 0.545. The summed E-state index contributed by atoms with van der Waals surface area (Å²) < 4.78 is 12.5. The Labute approximate surface area is 72.3 Å². The summed E-state index contributed by atoms with van der Waals surface area (Å²) in [4.78, 5) is 14.0. The molecule has 0 spiro atoms. The average Bonchev–Trinajstić information content (AvgIpc) is 2.08. The number of carbonyl (C=O) groups excluding carboxylic acids is 1. The van der Waals surface area contributed by atoms with Gasteiger partial charge in [0.25, 0.3) is 0 Å². The molecule has 1 aromatic carbocycles. The average molecular weight is 191 g/mol. The maximum Gasteiger partial charge on any atom is 0.374 e. The predicted octanol–water partition coefficient (Wildman–Crippen LogP) is 2.11. The minimum atomic E-state index is -1.08. The van der Waals surface area contributed by atoms with E-state index in [2.05, 4.69) is 4.89 Å². The van der Waals surface area contributed by atoms with Crippen LogP contribution in [0.1, 0.15) is 10.4 Å². The molecule has 0 aliphatic heterocycles. The van der Waals surface area contributed by atoms with Crippen molar-refractivity contribution < 1.29 is 19.3 Å². The Hall–Kier alpha value is -1.13. The normalized spacial score (nSPS) is 9.58. The zero-order valence-corrected chi connectivity index (χ0v) is 6.51. The van der Waals surface area contributed by atoms with Crippen LogP contribution >= 0.6 is 11.6 Å². The fourth-order valence-electron chi connectivity index (χ4n) is 0.703. The van der Waals surface area contributed by atoms with Crippen LogP contribution in [-0.2, 0) is 4.89 Å². The smallest absolute Gasteiger partial charge is 0.295 e. The highest BCUT2D eigenvalue weighted by Gasteiger charge is 2.12. The van der Waals surface area contributed by atoms with Crippen molar-refractivity contribution in [2.75, 3.05) is 0 Å². The molecule has 1 aromatic rings. The fourth-order valence-corrected chi connectivity index (χ4v) is 0.898. The molecule has 0 aliphatic rings. The molecule has 1 N–H and O–H groups in total.